The number of hydrogen-bond donors (Lipinski definition) is 4. The van der Waals surface area contributed by atoms with Crippen molar-refractivity contribution in [3.8, 4) is 0 Å². The number of anilines is 2. The van der Waals surface area contributed by atoms with Crippen molar-refractivity contribution in [3.63, 3.8) is 0 Å². The summed E-state index contributed by atoms with van der Waals surface area (Å²) in [4.78, 5) is 43.9. The van der Waals surface area contributed by atoms with E-state index < -0.39 is 11.8 Å². The van der Waals surface area contributed by atoms with Crippen LogP contribution in [0, 0.1) is 13.8 Å². The zero-order chi connectivity index (χ0) is 31.1. The summed E-state index contributed by atoms with van der Waals surface area (Å²) >= 11 is 1.44. The van der Waals surface area contributed by atoms with Crippen molar-refractivity contribution in [2.24, 2.45) is 0 Å². The molecule has 0 saturated heterocycles. The molecule has 0 saturated carbocycles. The fraction of sp³-hybridized carbons (Fsp3) is 0.139. The number of carbonyl (C=O) groups excluding carboxylic acids is 3. The first kappa shape index (κ1) is 30.4. The van der Waals surface area contributed by atoms with Gasteiger partial charge in [-0.1, -0.05) is 61.5 Å². The van der Waals surface area contributed by atoms with Crippen molar-refractivity contribution in [2.75, 3.05) is 10.6 Å². The lowest BCUT2D eigenvalue weighted by Gasteiger charge is -2.17. The van der Waals surface area contributed by atoms with Crippen LogP contribution in [0.2, 0.25) is 0 Å². The molecule has 0 aliphatic heterocycles. The molecule has 0 radical (unpaired) electrons. The molecule has 0 aliphatic rings. The Kier molecular flexibility index (Phi) is 9.62. The van der Waals surface area contributed by atoms with Gasteiger partial charge in [-0.25, -0.2) is 0 Å². The van der Waals surface area contributed by atoms with E-state index in [1.54, 1.807) is 42.6 Å². The average molecular weight is 603 g/mol. The van der Waals surface area contributed by atoms with Gasteiger partial charge in [0, 0.05) is 44.5 Å². The van der Waals surface area contributed by atoms with E-state index in [1.165, 1.54) is 11.8 Å². The quantitative estimate of drug-likeness (QED) is 0.0971. The van der Waals surface area contributed by atoms with Gasteiger partial charge in [-0.05, 0) is 79.9 Å². The van der Waals surface area contributed by atoms with Gasteiger partial charge in [0.05, 0.1) is 5.25 Å². The van der Waals surface area contributed by atoms with E-state index >= 15 is 0 Å². The first-order valence-corrected chi connectivity index (χ1v) is 15.3. The molecule has 3 amide bonds. The Morgan fingerprint density at radius 2 is 1.64 bits per heavy atom. The number of rotatable bonds is 10. The first-order valence-electron chi connectivity index (χ1n) is 14.4. The van der Waals surface area contributed by atoms with Crippen molar-refractivity contribution < 1.29 is 14.4 Å². The van der Waals surface area contributed by atoms with Crippen molar-refractivity contribution in [2.45, 2.75) is 37.3 Å². The molecule has 44 heavy (non-hydrogen) atoms. The molecular weight excluding hydrogens is 568 g/mol. The zero-order valence-corrected chi connectivity index (χ0v) is 25.6. The van der Waals surface area contributed by atoms with Crippen molar-refractivity contribution in [1.82, 2.24) is 10.3 Å². The molecule has 5 aromatic rings. The molecule has 0 fully saturated rings. The number of para-hydroxylation sites is 1. The topological polar surface area (TPSA) is 103 Å². The van der Waals surface area contributed by atoms with Crippen LogP contribution in [0.25, 0.3) is 17.0 Å². The van der Waals surface area contributed by atoms with Crippen LogP contribution in [0.15, 0.2) is 114 Å². The van der Waals surface area contributed by atoms with E-state index in [9.17, 15) is 14.4 Å². The number of aromatic amines is 1. The number of benzene rings is 4. The minimum absolute atomic E-state index is 0.0757. The number of amides is 3. The Hall–Kier alpha value is -5.08. The highest BCUT2D eigenvalue weighted by Crippen LogP contribution is 2.29. The maximum absolute atomic E-state index is 13.6. The molecule has 0 aliphatic carbocycles. The molecule has 0 spiro atoms. The molecular formula is C36H34N4O3S. The van der Waals surface area contributed by atoms with Crippen LogP contribution >= 0.6 is 11.8 Å². The fourth-order valence-electron chi connectivity index (χ4n) is 4.73. The molecule has 8 heteroatoms. The first-order chi connectivity index (χ1) is 21.3. The van der Waals surface area contributed by atoms with E-state index in [-0.39, 0.29) is 16.9 Å². The number of fused-ring (bicyclic) bond motifs is 1. The number of aromatic nitrogens is 1. The predicted molar refractivity (Wildman–Crippen MR) is 180 cm³/mol. The van der Waals surface area contributed by atoms with Gasteiger partial charge in [-0.2, -0.15) is 0 Å². The average Bonchev–Trinajstić information content (AvgIpc) is 3.44. The molecule has 7 nitrogen and oxygen atoms in total. The van der Waals surface area contributed by atoms with Gasteiger partial charge >= 0.3 is 0 Å². The van der Waals surface area contributed by atoms with Gasteiger partial charge in [-0.3, -0.25) is 14.4 Å². The lowest BCUT2D eigenvalue weighted by atomic mass is 10.1. The summed E-state index contributed by atoms with van der Waals surface area (Å²) in [6, 6.07) is 29.8. The van der Waals surface area contributed by atoms with Crippen LogP contribution in [0.5, 0.6) is 0 Å². The molecule has 1 heterocycles. The highest BCUT2D eigenvalue weighted by Gasteiger charge is 2.20. The molecule has 4 N–H and O–H groups in total. The predicted octanol–water partition coefficient (Wildman–Crippen LogP) is 7.70. The van der Waals surface area contributed by atoms with Crippen LogP contribution in [0.1, 0.15) is 40.4 Å². The zero-order valence-electron chi connectivity index (χ0n) is 24.8. The standard InChI is InChI=1S/C36H34N4O3S/c1-4-33(36(43)39-31-19-23(2)17-18-24(31)3)44-28-14-10-13-27(21-28)38-35(42)32(40-34(41)25-11-6-5-7-12-25)20-26-22-37-30-16-9-8-15-29(26)30/h5-22,33,37H,4H2,1-3H3,(H,38,42)(H,39,43)(H,40,41)/b32-20-. The third kappa shape index (κ3) is 7.46. The van der Waals surface area contributed by atoms with Gasteiger partial charge in [0.1, 0.15) is 5.70 Å². The Labute approximate surface area is 261 Å². The Morgan fingerprint density at radius 3 is 2.43 bits per heavy atom. The van der Waals surface area contributed by atoms with Crippen LogP contribution in [-0.2, 0) is 9.59 Å². The van der Waals surface area contributed by atoms with Gasteiger partial charge < -0.3 is 20.9 Å². The maximum Gasteiger partial charge on any atom is 0.272 e. The van der Waals surface area contributed by atoms with Crippen molar-refractivity contribution >= 4 is 57.8 Å². The summed E-state index contributed by atoms with van der Waals surface area (Å²) in [5.41, 5.74) is 5.66. The summed E-state index contributed by atoms with van der Waals surface area (Å²) in [5.74, 6) is -0.938. The fourth-order valence-corrected chi connectivity index (χ4v) is 5.74. The molecule has 1 atom stereocenters. The number of aryl methyl sites for hydroxylation is 2. The largest absolute Gasteiger partial charge is 0.361 e. The Bertz CT molecular complexity index is 1850. The second-order valence-electron chi connectivity index (χ2n) is 10.5. The van der Waals surface area contributed by atoms with Crippen LogP contribution < -0.4 is 16.0 Å². The van der Waals surface area contributed by atoms with Gasteiger partial charge in [0.2, 0.25) is 5.91 Å². The van der Waals surface area contributed by atoms with E-state index in [1.807, 2.05) is 87.5 Å². The SMILES string of the molecule is CCC(Sc1cccc(NC(=O)/C(=C/c2c[nH]c3ccccc23)NC(=O)c2ccccc2)c1)C(=O)Nc1cc(C)ccc1C. The summed E-state index contributed by atoms with van der Waals surface area (Å²) < 4.78 is 0. The normalized spacial score (nSPS) is 12.0. The van der Waals surface area contributed by atoms with E-state index in [0.29, 0.717) is 17.7 Å². The molecule has 222 valence electrons. The number of hydrogen-bond acceptors (Lipinski definition) is 4. The van der Waals surface area contributed by atoms with E-state index in [0.717, 1.165) is 38.2 Å². The third-order valence-electron chi connectivity index (χ3n) is 7.13. The van der Waals surface area contributed by atoms with Crippen molar-refractivity contribution in [3.05, 3.63) is 131 Å². The number of nitrogens with one attached hydrogen (secondary N) is 4. The summed E-state index contributed by atoms with van der Waals surface area (Å²) in [6.45, 7) is 5.94. The third-order valence-corrected chi connectivity index (χ3v) is 8.49. The van der Waals surface area contributed by atoms with Crippen LogP contribution in [0.3, 0.4) is 0 Å². The minimum atomic E-state index is -0.471. The highest BCUT2D eigenvalue weighted by molar-refractivity contribution is 8.00. The molecule has 0 bridgehead atoms. The molecule has 1 unspecified atom stereocenters. The summed E-state index contributed by atoms with van der Waals surface area (Å²) in [6.07, 6.45) is 4.09. The van der Waals surface area contributed by atoms with Crippen LogP contribution in [-0.4, -0.2) is 28.0 Å². The Morgan fingerprint density at radius 1 is 0.864 bits per heavy atom. The summed E-state index contributed by atoms with van der Waals surface area (Å²) in [7, 11) is 0. The van der Waals surface area contributed by atoms with Gasteiger partial charge in [-0.15, -0.1) is 11.8 Å². The molecule has 5 rings (SSSR count). The minimum Gasteiger partial charge on any atom is -0.361 e. The second-order valence-corrected chi connectivity index (χ2v) is 11.7. The highest BCUT2D eigenvalue weighted by atomic mass is 32.2. The lowest BCUT2D eigenvalue weighted by molar-refractivity contribution is -0.116. The lowest BCUT2D eigenvalue weighted by Crippen LogP contribution is -2.30. The molecule has 1 aromatic heterocycles. The van der Waals surface area contributed by atoms with E-state index in [4.69, 9.17) is 0 Å². The molecule has 4 aromatic carbocycles. The van der Waals surface area contributed by atoms with Crippen LogP contribution in [0.4, 0.5) is 11.4 Å². The number of thioether (sulfide) groups is 1. The number of carbonyl (C=O) groups is 3. The summed E-state index contributed by atoms with van der Waals surface area (Å²) in [5, 5.41) is 9.39. The maximum atomic E-state index is 13.6. The van der Waals surface area contributed by atoms with Gasteiger partial charge in [0.15, 0.2) is 0 Å². The smallest absolute Gasteiger partial charge is 0.272 e. The van der Waals surface area contributed by atoms with Crippen molar-refractivity contribution in [1.29, 1.82) is 0 Å². The van der Waals surface area contributed by atoms with Gasteiger partial charge in [0.25, 0.3) is 11.8 Å². The number of H-pyrrole nitrogens is 1. The van der Waals surface area contributed by atoms with E-state index in [2.05, 4.69) is 20.9 Å². The second kappa shape index (κ2) is 13.9. The Balaban J connectivity index is 1.35. The monoisotopic (exact) mass is 602 g/mol.